The van der Waals surface area contributed by atoms with E-state index in [-0.39, 0.29) is 11.8 Å². The highest BCUT2D eigenvalue weighted by Gasteiger charge is 2.21. The molecular weight excluding hydrogens is 406 g/mol. The smallest absolute Gasteiger partial charge is 0.256 e. The lowest BCUT2D eigenvalue weighted by Crippen LogP contribution is -2.23. The van der Waals surface area contributed by atoms with Crippen molar-refractivity contribution in [3.63, 3.8) is 0 Å². The van der Waals surface area contributed by atoms with Crippen molar-refractivity contribution in [1.29, 1.82) is 5.26 Å². The van der Waals surface area contributed by atoms with E-state index < -0.39 is 0 Å². The van der Waals surface area contributed by atoms with Gasteiger partial charge in [-0.15, -0.1) is 11.8 Å². The highest BCUT2D eigenvalue weighted by molar-refractivity contribution is 7.98. The molecule has 1 saturated heterocycles. The number of benzene rings is 3. The average molecular weight is 428 g/mol. The summed E-state index contributed by atoms with van der Waals surface area (Å²) in [5.41, 5.74) is 3.88. The van der Waals surface area contributed by atoms with E-state index in [0.717, 1.165) is 29.1 Å². The maximum Gasteiger partial charge on any atom is 0.256 e. The molecule has 0 bridgehead atoms. The summed E-state index contributed by atoms with van der Waals surface area (Å²) in [4.78, 5) is 27.5. The van der Waals surface area contributed by atoms with Gasteiger partial charge in [0.05, 0.1) is 17.2 Å². The van der Waals surface area contributed by atoms with Gasteiger partial charge in [0.1, 0.15) is 0 Å². The summed E-state index contributed by atoms with van der Waals surface area (Å²) < 4.78 is 0. The lowest BCUT2D eigenvalue weighted by molar-refractivity contribution is -0.117. The third-order valence-electron chi connectivity index (χ3n) is 5.12. The van der Waals surface area contributed by atoms with Crippen molar-refractivity contribution >= 4 is 35.0 Å². The Morgan fingerprint density at radius 3 is 2.45 bits per heavy atom. The molecule has 1 heterocycles. The highest BCUT2D eigenvalue weighted by atomic mass is 32.2. The van der Waals surface area contributed by atoms with Gasteiger partial charge in [-0.05, 0) is 60.5 Å². The minimum absolute atomic E-state index is 0.144. The minimum Gasteiger partial charge on any atom is -0.322 e. The molecular formula is C25H21N3O2S. The van der Waals surface area contributed by atoms with E-state index in [0.29, 0.717) is 29.0 Å². The van der Waals surface area contributed by atoms with Crippen LogP contribution in [-0.2, 0) is 10.5 Å². The van der Waals surface area contributed by atoms with Crippen LogP contribution < -0.4 is 10.2 Å². The van der Waals surface area contributed by atoms with Crippen LogP contribution in [0.4, 0.5) is 11.4 Å². The molecule has 0 aromatic heterocycles. The second-order valence-electron chi connectivity index (χ2n) is 7.24. The first-order valence-corrected chi connectivity index (χ1v) is 11.1. The molecule has 1 N–H and O–H groups in total. The van der Waals surface area contributed by atoms with Gasteiger partial charge in [-0.25, -0.2) is 0 Å². The van der Waals surface area contributed by atoms with Crippen LogP contribution in [0.2, 0.25) is 0 Å². The molecule has 1 fully saturated rings. The van der Waals surface area contributed by atoms with E-state index in [1.165, 1.54) is 0 Å². The fraction of sp³-hybridized carbons (Fsp3) is 0.160. The zero-order valence-corrected chi connectivity index (χ0v) is 17.7. The molecule has 0 radical (unpaired) electrons. The van der Waals surface area contributed by atoms with Gasteiger partial charge in [-0.1, -0.05) is 24.3 Å². The molecule has 0 spiro atoms. The number of thioether (sulfide) groups is 1. The molecule has 6 heteroatoms. The quantitative estimate of drug-likeness (QED) is 0.547. The Morgan fingerprint density at radius 1 is 1.03 bits per heavy atom. The van der Waals surface area contributed by atoms with Crippen molar-refractivity contribution in [3.8, 4) is 6.07 Å². The van der Waals surface area contributed by atoms with Gasteiger partial charge in [0.25, 0.3) is 5.91 Å². The Kier molecular flexibility index (Phi) is 6.34. The van der Waals surface area contributed by atoms with Crippen molar-refractivity contribution in [1.82, 2.24) is 0 Å². The van der Waals surface area contributed by atoms with E-state index >= 15 is 0 Å². The molecule has 0 atom stereocenters. The number of amides is 2. The summed E-state index contributed by atoms with van der Waals surface area (Å²) >= 11 is 1.58. The molecule has 31 heavy (non-hydrogen) atoms. The number of nitrogens with one attached hydrogen (secondary N) is 1. The molecule has 4 rings (SSSR count). The van der Waals surface area contributed by atoms with Gasteiger partial charge < -0.3 is 10.2 Å². The Bertz CT molecular complexity index is 1130. The zero-order chi connectivity index (χ0) is 21.6. The molecule has 3 aromatic carbocycles. The lowest BCUT2D eigenvalue weighted by atomic mass is 10.2. The highest BCUT2D eigenvalue weighted by Crippen LogP contribution is 2.28. The Balaban J connectivity index is 1.42. The summed E-state index contributed by atoms with van der Waals surface area (Å²) in [5, 5.41) is 11.9. The van der Waals surface area contributed by atoms with Gasteiger partial charge >= 0.3 is 0 Å². The van der Waals surface area contributed by atoms with Crippen molar-refractivity contribution in [3.05, 3.63) is 89.5 Å². The minimum atomic E-state index is -0.173. The monoisotopic (exact) mass is 427 g/mol. The molecule has 1 aliphatic heterocycles. The van der Waals surface area contributed by atoms with Crippen LogP contribution in [-0.4, -0.2) is 18.4 Å². The molecule has 3 aromatic rings. The van der Waals surface area contributed by atoms with Gasteiger partial charge in [0.2, 0.25) is 5.91 Å². The number of nitriles is 1. The van der Waals surface area contributed by atoms with Gasteiger partial charge in [-0.2, -0.15) is 5.26 Å². The van der Waals surface area contributed by atoms with E-state index in [4.69, 9.17) is 5.26 Å². The predicted octanol–water partition coefficient (Wildman–Crippen LogP) is 5.23. The predicted molar refractivity (Wildman–Crippen MR) is 123 cm³/mol. The van der Waals surface area contributed by atoms with Gasteiger partial charge in [-0.3, -0.25) is 9.59 Å². The normalized spacial score (nSPS) is 13.1. The SMILES string of the molecule is N#Cc1ccc(CSc2ccccc2C(=O)Nc2ccc(N3CCCC3=O)cc2)cc1. The number of anilines is 2. The molecule has 0 saturated carbocycles. The van der Waals surface area contributed by atoms with E-state index in [1.807, 2.05) is 60.7 Å². The fourth-order valence-corrected chi connectivity index (χ4v) is 4.47. The summed E-state index contributed by atoms with van der Waals surface area (Å²) in [6.45, 7) is 0.744. The molecule has 2 amide bonds. The Labute approximate surface area is 185 Å². The Hall–Kier alpha value is -3.56. The molecule has 0 unspecified atom stereocenters. The number of rotatable bonds is 6. The molecule has 1 aliphatic rings. The van der Waals surface area contributed by atoms with E-state index in [2.05, 4.69) is 11.4 Å². The van der Waals surface area contributed by atoms with Crippen LogP contribution in [0, 0.1) is 11.3 Å². The van der Waals surface area contributed by atoms with Crippen LogP contribution >= 0.6 is 11.8 Å². The van der Waals surface area contributed by atoms with Gasteiger partial charge in [0.15, 0.2) is 0 Å². The maximum atomic E-state index is 12.9. The van der Waals surface area contributed by atoms with Crippen molar-refractivity contribution in [2.24, 2.45) is 0 Å². The first-order valence-electron chi connectivity index (χ1n) is 10.1. The lowest BCUT2D eigenvalue weighted by Gasteiger charge is -2.16. The van der Waals surface area contributed by atoms with Crippen molar-refractivity contribution in [2.75, 3.05) is 16.8 Å². The number of carbonyl (C=O) groups excluding carboxylic acids is 2. The second kappa shape index (κ2) is 9.50. The molecule has 0 aliphatic carbocycles. The third-order valence-corrected chi connectivity index (χ3v) is 6.26. The number of hydrogen-bond donors (Lipinski definition) is 1. The fourth-order valence-electron chi connectivity index (χ4n) is 3.46. The zero-order valence-electron chi connectivity index (χ0n) is 16.9. The summed E-state index contributed by atoms with van der Waals surface area (Å²) in [6.07, 6.45) is 1.48. The van der Waals surface area contributed by atoms with Crippen molar-refractivity contribution < 1.29 is 9.59 Å². The maximum absolute atomic E-state index is 12.9. The molecule has 154 valence electrons. The average Bonchev–Trinajstić information content (AvgIpc) is 3.24. The largest absolute Gasteiger partial charge is 0.322 e. The first kappa shape index (κ1) is 20.7. The summed E-state index contributed by atoms with van der Waals surface area (Å²) in [5.74, 6) is 0.673. The van der Waals surface area contributed by atoms with Crippen LogP contribution in [0.5, 0.6) is 0 Å². The number of nitrogens with zero attached hydrogens (tertiary/aromatic N) is 2. The third kappa shape index (κ3) is 4.96. The number of carbonyl (C=O) groups is 2. The topological polar surface area (TPSA) is 73.2 Å². The first-order chi connectivity index (χ1) is 15.1. The standard InChI is InChI=1S/C25H21N3O2S/c26-16-18-7-9-19(10-8-18)17-31-23-5-2-1-4-22(23)25(30)27-20-11-13-21(14-12-20)28-15-3-6-24(28)29/h1-2,4-5,7-14H,3,6,15,17H2,(H,27,30). The Morgan fingerprint density at radius 2 is 1.77 bits per heavy atom. The summed E-state index contributed by atoms with van der Waals surface area (Å²) in [7, 11) is 0. The van der Waals surface area contributed by atoms with Gasteiger partial charge in [0, 0.05) is 35.0 Å². The van der Waals surface area contributed by atoms with Crippen LogP contribution in [0.1, 0.15) is 34.3 Å². The van der Waals surface area contributed by atoms with Crippen LogP contribution in [0.3, 0.4) is 0 Å². The van der Waals surface area contributed by atoms with E-state index in [9.17, 15) is 9.59 Å². The van der Waals surface area contributed by atoms with E-state index in [1.54, 1.807) is 28.8 Å². The second-order valence-corrected chi connectivity index (χ2v) is 8.26. The van der Waals surface area contributed by atoms with Crippen LogP contribution in [0.15, 0.2) is 77.7 Å². The van der Waals surface area contributed by atoms with Crippen LogP contribution in [0.25, 0.3) is 0 Å². The number of hydrogen-bond acceptors (Lipinski definition) is 4. The summed E-state index contributed by atoms with van der Waals surface area (Å²) in [6, 6.07) is 24.5. The molecule has 5 nitrogen and oxygen atoms in total. The van der Waals surface area contributed by atoms with Crippen molar-refractivity contribution in [2.45, 2.75) is 23.5 Å².